The summed E-state index contributed by atoms with van der Waals surface area (Å²) < 4.78 is 63.8. The van der Waals surface area contributed by atoms with Crippen molar-refractivity contribution in [1.82, 2.24) is 9.62 Å². The van der Waals surface area contributed by atoms with Crippen LogP contribution in [0.1, 0.15) is 24.0 Å². The van der Waals surface area contributed by atoms with Gasteiger partial charge in [-0.15, -0.1) is 12.4 Å². The Kier molecular flexibility index (Phi) is 9.05. The van der Waals surface area contributed by atoms with Gasteiger partial charge in [-0.2, -0.15) is 0 Å². The van der Waals surface area contributed by atoms with Gasteiger partial charge >= 0.3 is 0 Å². The molecule has 10 heteroatoms. The number of fused-ring (bicyclic) bond motifs is 1. The average Bonchev–Trinajstić information content (AvgIpc) is 2.74. The van der Waals surface area contributed by atoms with E-state index in [9.17, 15) is 17.2 Å². The minimum atomic E-state index is -3.86. The lowest BCUT2D eigenvalue weighted by atomic mass is 9.98. The molecule has 0 aromatic heterocycles. The highest BCUT2D eigenvalue weighted by Gasteiger charge is 2.19. The number of sulfonamides is 1. The maximum Gasteiger partial charge on any atom is 0.240 e. The molecule has 1 N–H and O–H groups in total. The molecule has 2 aromatic rings. The number of halogens is 3. The molecule has 172 valence electrons. The monoisotopic (exact) mass is 476 g/mol. The summed E-state index contributed by atoms with van der Waals surface area (Å²) in [4.78, 5) is 2.04. The number of ether oxygens (including phenoxy) is 2. The Hall–Kier alpha value is -1.94. The maximum atomic E-state index is 13.3. The summed E-state index contributed by atoms with van der Waals surface area (Å²) in [5.41, 5.74) is 2.46. The highest BCUT2D eigenvalue weighted by molar-refractivity contribution is 7.89. The number of nitrogens with one attached hydrogen (secondary N) is 1. The third-order valence-electron chi connectivity index (χ3n) is 5.19. The fraction of sp³-hybridized carbons (Fsp3) is 0.429. The van der Waals surface area contributed by atoms with E-state index in [0.717, 1.165) is 50.4 Å². The summed E-state index contributed by atoms with van der Waals surface area (Å²) >= 11 is 0. The Labute approximate surface area is 188 Å². The highest BCUT2D eigenvalue weighted by atomic mass is 35.5. The van der Waals surface area contributed by atoms with E-state index in [1.165, 1.54) is 11.1 Å². The van der Waals surface area contributed by atoms with Crippen molar-refractivity contribution in [2.24, 2.45) is 0 Å². The van der Waals surface area contributed by atoms with Crippen LogP contribution in [0, 0.1) is 11.6 Å². The van der Waals surface area contributed by atoms with E-state index >= 15 is 0 Å². The molecule has 0 radical (unpaired) electrons. The average molecular weight is 477 g/mol. The van der Waals surface area contributed by atoms with Gasteiger partial charge in [0.05, 0.1) is 19.1 Å². The number of rotatable bonds is 9. The van der Waals surface area contributed by atoms with Gasteiger partial charge in [-0.25, -0.2) is 21.9 Å². The molecule has 0 spiro atoms. The second-order valence-corrected chi connectivity index (χ2v) is 8.95. The van der Waals surface area contributed by atoms with Crippen LogP contribution >= 0.6 is 12.4 Å². The maximum absolute atomic E-state index is 13.3. The van der Waals surface area contributed by atoms with Gasteiger partial charge < -0.3 is 9.47 Å². The molecule has 31 heavy (non-hydrogen) atoms. The summed E-state index contributed by atoms with van der Waals surface area (Å²) in [6.07, 6.45) is 2.36. The van der Waals surface area contributed by atoms with E-state index < -0.39 is 21.7 Å². The molecule has 1 aliphatic heterocycles. The first kappa shape index (κ1) is 25.3. The number of hydrogen-bond acceptors (Lipinski definition) is 5. The second kappa shape index (κ2) is 11.1. The first-order valence-electron chi connectivity index (χ1n) is 9.75. The van der Waals surface area contributed by atoms with Gasteiger partial charge in [0.25, 0.3) is 0 Å². The van der Waals surface area contributed by atoms with Crippen LogP contribution in [0.3, 0.4) is 0 Å². The summed E-state index contributed by atoms with van der Waals surface area (Å²) in [7, 11) is -0.613. The van der Waals surface area contributed by atoms with Gasteiger partial charge in [0.15, 0.2) is 23.1 Å². The fourth-order valence-corrected chi connectivity index (χ4v) is 4.61. The van der Waals surface area contributed by atoms with Crippen molar-refractivity contribution in [2.45, 2.75) is 30.7 Å². The summed E-state index contributed by atoms with van der Waals surface area (Å²) in [5, 5.41) is 0. The van der Waals surface area contributed by atoms with Crippen LogP contribution in [-0.4, -0.2) is 47.2 Å². The molecule has 0 bridgehead atoms. The zero-order valence-electron chi connectivity index (χ0n) is 17.5. The molecule has 0 atom stereocenters. The van der Waals surface area contributed by atoms with E-state index in [1.807, 2.05) is 12.1 Å². The SMILES string of the molecule is COc1cc2c(cc1OC)CN(CCCCNS(=O)(=O)c1ccc(F)c(F)c1)CC2.Cl. The van der Waals surface area contributed by atoms with Crippen molar-refractivity contribution >= 4 is 22.4 Å². The zero-order valence-corrected chi connectivity index (χ0v) is 19.1. The van der Waals surface area contributed by atoms with Gasteiger partial charge in [-0.3, -0.25) is 4.90 Å². The van der Waals surface area contributed by atoms with E-state index in [-0.39, 0.29) is 23.8 Å². The van der Waals surface area contributed by atoms with Gasteiger partial charge in [0.1, 0.15) is 0 Å². The molecule has 0 fully saturated rings. The first-order chi connectivity index (χ1) is 14.3. The number of nitrogens with zero attached hydrogens (tertiary/aromatic N) is 1. The van der Waals surface area contributed by atoms with Gasteiger partial charge in [0, 0.05) is 19.6 Å². The van der Waals surface area contributed by atoms with Crippen molar-refractivity contribution in [3.8, 4) is 11.5 Å². The molecule has 3 rings (SSSR count). The van der Waals surface area contributed by atoms with Gasteiger partial charge in [-0.1, -0.05) is 0 Å². The lowest BCUT2D eigenvalue weighted by Gasteiger charge is -2.29. The Balaban J connectivity index is 0.00000341. The van der Waals surface area contributed by atoms with Crippen LogP contribution in [0.15, 0.2) is 35.2 Å². The quantitative estimate of drug-likeness (QED) is 0.561. The number of unbranched alkanes of at least 4 members (excludes halogenated alkanes) is 1. The molecule has 6 nitrogen and oxygen atoms in total. The molecule has 1 aliphatic rings. The topological polar surface area (TPSA) is 67.9 Å². The highest BCUT2D eigenvalue weighted by Crippen LogP contribution is 2.33. The van der Waals surface area contributed by atoms with E-state index in [1.54, 1.807) is 14.2 Å². The van der Waals surface area contributed by atoms with Crippen molar-refractivity contribution in [1.29, 1.82) is 0 Å². The van der Waals surface area contributed by atoms with E-state index in [0.29, 0.717) is 18.2 Å². The molecule has 2 aromatic carbocycles. The Bertz CT molecular complexity index is 1010. The molecule has 0 saturated carbocycles. The predicted molar refractivity (Wildman–Crippen MR) is 117 cm³/mol. The molecular weight excluding hydrogens is 450 g/mol. The largest absolute Gasteiger partial charge is 0.493 e. The van der Waals surface area contributed by atoms with Crippen molar-refractivity contribution < 1.29 is 26.7 Å². The second-order valence-electron chi connectivity index (χ2n) is 7.18. The van der Waals surface area contributed by atoms with Crippen LogP contribution in [0.4, 0.5) is 8.78 Å². The third kappa shape index (κ3) is 6.29. The van der Waals surface area contributed by atoms with Crippen molar-refractivity contribution in [2.75, 3.05) is 33.9 Å². The number of benzene rings is 2. The Morgan fingerprint density at radius 3 is 2.32 bits per heavy atom. The molecule has 0 aliphatic carbocycles. The Morgan fingerprint density at radius 1 is 1.00 bits per heavy atom. The smallest absolute Gasteiger partial charge is 0.240 e. The third-order valence-corrected chi connectivity index (χ3v) is 6.65. The summed E-state index contributed by atoms with van der Waals surface area (Å²) in [6, 6.07) is 6.58. The van der Waals surface area contributed by atoms with E-state index in [2.05, 4.69) is 9.62 Å². The first-order valence-corrected chi connectivity index (χ1v) is 11.2. The molecule has 0 saturated heterocycles. The molecule has 1 heterocycles. The van der Waals surface area contributed by atoms with Crippen LogP contribution in [0.2, 0.25) is 0 Å². The zero-order chi connectivity index (χ0) is 21.7. The Morgan fingerprint density at radius 2 is 1.68 bits per heavy atom. The lowest BCUT2D eigenvalue weighted by molar-refractivity contribution is 0.248. The van der Waals surface area contributed by atoms with Gasteiger partial charge in [0.2, 0.25) is 10.0 Å². The lowest BCUT2D eigenvalue weighted by Crippen LogP contribution is -2.32. The molecular formula is C21H27ClF2N2O4S. The molecule has 0 unspecified atom stereocenters. The van der Waals surface area contributed by atoms with Crippen molar-refractivity contribution in [3.05, 3.63) is 53.1 Å². The summed E-state index contributed by atoms with van der Waals surface area (Å²) in [6.45, 7) is 2.79. The van der Waals surface area contributed by atoms with Crippen LogP contribution in [0.25, 0.3) is 0 Å². The standard InChI is InChI=1S/C21H26F2N2O4S.ClH/c1-28-20-11-15-7-10-25(14-16(15)12-21(20)29-2)9-4-3-8-24-30(26,27)17-5-6-18(22)19(23)13-17;/h5-6,11-13,24H,3-4,7-10,14H2,1-2H3;1H. The predicted octanol–water partition coefficient (Wildman–Crippen LogP) is 3.52. The van der Waals surface area contributed by atoms with Crippen LogP contribution < -0.4 is 14.2 Å². The summed E-state index contributed by atoms with van der Waals surface area (Å²) in [5.74, 6) is -0.812. The van der Waals surface area contributed by atoms with Gasteiger partial charge in [-0.05, 0) is 67.3 Å². The normalized spacial score (nSPS) is 13.9. The molecule has 0 amide bonds. The number of methoxy groups -OCH3 is 2. The fourth-order valence-electron chi connectivity index (χ4n) is 3.53. The van der Waals surface area contributed by atoms with Crippen LogP contribution in [-0.2, 0) is 23.0 Å². The minimum absolute atomic E-state index is 0. The number of hydrogen-bond donors (Lipinski definition) is 1. The van der Waals surface area contributed by atoms with Crippen molar-refractivity contribution in [3.63, 3.8) is 0 Å². The van der Waals surface area contributed by atoms with E-state index in [4.69, 9.17) is 9.47 Å². The van der Waals surface area contributed by atoms with Crippen LogP contribution in [0.5, 0.6) is 11.5 Å². The minimum Gasteiger partial charge on any atom is -0.493 e.